The molecule has 15 heavy (non-hydrogen) atoms. The predicted molar refractivity (Wildman–Crippen MR) is 61.7 cm³/mol. The van der Waals surface area contributed by atoms with E-state index in [0.29, 0.717) is 12.1 Å². The molecule has 82 valence electrons. The molecule has 1 unspecified atom stereocenters. The van der Waals surface area contributed by atoms with E-state index in [0.717, 1.165) is 12.0 Å². The molecule has 1 rings (SSSR count). The standard InChI is InChI=1S/C12H18N2O/c1-3-8-14-12(15)11-6-4-10(5-7-11)9(2)13/h4-7,9H,3,8,13H2,1-2H3,(H,14,15). The van der Waals surface area contributed by atoms with Crippen LogP contribution >= 0.6 is 0 Å². The molecule has 0 saturated carbocycles. The molecule has 0 aliphatic heterocycles. The summed E-state index contributed by atoms with van der Waals surface area (Å²) in [5, 5.41) is 2.83. The van der Waals surface area contributed by atoms with Gasteiger partial charge in [-0.05, 0) is 31.0 Å². The highest BCUT2D eigenvalue weighted by molar-refractivity contribution is 5.94. The molecule has 3 heteroatoms. The van der Waals surface area contributed by atoms with Gasteiger partial charge in [0.1, 0.15) is 0 Å². The fraction of sp³-hybridized carbons (Fsp3) is 0.417. The number of hydrogen-bond donors (Lipinski definition) is 2. The SMILES string of the molecule is CCCNC(=O)c1ccc(C(C)N)cc1. The Morgan fingerprint density at radius 1 is 1.40 bits per heavy atom. The van der Waals surface area contributed by atoms with E-state index in [9.17, 15) is 4.79 Å². The average molecular weight is 206 g/mol. The molecule has 0 heterocycles. The molecule has 0 fully saturated rings. The second-order valence-corrected chi connectivity index (χ2v) is 3.67. The maximum absolute atomic E-state index is 11.5. The third kappa shape index (κ3) is 3.36. The number of carbonyl (C=O) groups excluding carboxylic acids is 1. The van der Waals surface area contributed by atoms with E-state index >= 15 is 0 Å². The van der Waals surface area contributed by atoms with Gasteiger partial charge in [-0.1, -0.05) is 19.1 Å². The van der Waals surface area contributed by atoms with Gasteiger partial charge in [0.25, 0.3) is 5.91 Å². The highest BCUT2D eigenvalue weighted by Gasteiger charge is 2.05. The third-order valence-electron chi connectivity index (χ3n) is 2.23. The summed E-state index contributed by atoms with van der Waals surface area (Å²) in [6.07, 6.45) is 0.948. The van der Waals surface area contributed by atoms with Gasteiger partial charge < -0.3 is 11.1 Å². The summed E-state index contributed by atoms with van der Waals surface area (Å²) in [4.78, 5) is 11.5. The maximum atomic E-state index is 11.5. The summed E-state index contributed by atoms with van der Waals surface area (Å²) in [6.45, 7) is 4.67. The Labute approximate surface area is 90.7 Å². The zero-order valence-corrected chi connectivity index (χ0v) is 9.29. The van der Waals surface area contributed by atoms with Crippen molar-refractivity contribution in [2.24, 2.45) is 5.73 Å². The van der Waals surface area contributed by atoms with E-state index in [1.807, 2.05) is 38.1 Å². The lowest BCUT2D eigenvalue weighted by Crippen LogP contribution is -2.23. The van der Waals surface area contributed by atoms with Crippen molar-refractivity contribution in [1.82, 2.24) is 5.32 Å². The molecule has 1 aromatic carbocycles. The van der Waals surface area contributed by atoms with Crippen molar-refractivity contribution in [2.75, 3.05) is 6.54 Å². The van der Waals surface area contributed by atoms with E-state index in [1.165, 1.54) is 0 Å². The molecule has 0 radical (unpaired) electrons. The van der Waals surface area contributed by atoms with Crippen molar-refractivity contribution < 1.29 is 4.79 Å². The van der Waals surface area contributed by atoms with E-state index in [2.05, 4.69) is 5.32 Å². The van der Waals surface area contributed by atoms with Crippen LogP contribution in [0.1, 0.15) is 42.2 Å². The number of carbonyl (C=O) groups is 1. The van der Waals surface area contributed by atoms with Crippen molar-refractivity contribution in [3.05, 3.63) is 35.4 Å². The van der Waals surface area contributed by atoms with E-state index in [-0.39, 0.29) is 11.9 Å². The second-order valence-electron chi connectivity index (χ2n) is 3.67. The van der Waals surface area contributed by atoms with Crippen molar-refractivity contribution in [3.63, 3.8) is 0 Å². The zero-order valence-electron chi connectivity index (χ0n) is 9.29. The van der Waals surface area contributed by atoms with Gasteiger partial charge in [0, 0.05) is 18.2 Å². The lowest BCUT2D eigenvalue weighted by Gasteiger charge is -2.07. The molecule has 0 aliphatic carbocycles. The van der Waals surface area contributed by atoms with Gasteiger partial charge in [0.2, 0.25) is 0 Å². The monoisotopic (exact) mass is 206 g/mol. The minimum atomic E-state index is -0.0203. The van der Waals surface area contributed by atoms with Crippen LogP contribution in [0.4, 0.5) is 0 Å². The van der Waals surface area contributed by atoms with Gasteiger partial charge in [-0.25, -0.2) is 0 Å². The normalized spacial score (nSPS) is 12.2. The molecule has 0 aromatic heterocycles. The van der Waals surface area contributed by atoms with Gasteiger partial charge in [0.15, 0.2) is 0 Å². The molecule has 1 amide bonds. The fourth-order valence-corrected chi connectivity index (χ4v) is 1.28. The molecule has 0 saturated heterocycles. The van der Waals surface area contributed by atoms with Crippen molar-refractivity contribution in [1.29, 1.82) is 0 Å². The highest BCUT2D eigenvalue weighted by Crippen LogP contribution is 2.10. The quantitative estimate of drug-likeness (QED) is 0.789. The smallest absolute Gasteiger partial charge is 0.251 e. The van der Waals surface area contributed by atoms with Crippen molar-refractivity contribution >= 4 is 5.91 Å². The Morgan fingerprint density at radius 3 is 2.47 bits per heavy atom. The summed E-state index contributed by atoms with van der Waals surface area (Å²) in [5.41, 5.74) is 7.45. The minimum absolute atomic E-state index is 0.0118. The molecule has 3 N–H and O–H groups in total. The average Bonchev–Trinajstić information content (AvgIpc) is 2.26. The number of benzene rings is 1. The van der Waals surface area contributed by atoms with Crippen LogP contribution in [0.25, 0.3) is 0 Å². The number of amides is 1. The number of nitrogens with one attached hydrogen (secondary N) is 1. The van der Waals surface area contributed by atoms with E-state index in [1.54, 1.807) is 0 Å². The Kier molecular flexibility index (Phi) is 4.31. The van der Waals surface area contributed by atoms with Crippen LogP contribution < -0.4 is 11.1 Å². The summed E-state index contributed by atoms with van der Waals surface area (Å²) >= 11 is 0. The second kappa shape index (κ2) is 5.51. The minimum Gasteiger partial charge on any atom is -0.352 e. The molecule has 0 aliphatic rings. The van der Waals surface area contributed by atoms with Crippen LogP contribution in [-0.2, 0) is 0 Å². The van der Waals surface area contributed by atoms with Gasteiger partial charge >= 0.3 is 0 Å². The van der Waals surface area contributed by atoms with Crippen LogP contribution in [0.15, 0.2) is 24.3 Å². The predicted octanol–water partition coefficient (Wildman–Crippen LogP) is 1.85. The molecular formula is C12H18N2O. The number of nitrogens with two attached hydrogens (primary N) is 1. The summed E-state index contributed by atoms with van der Waals surface area (Å²) < 4.78 is 0. The molecular weight excluding hydrogens is 188 g/mol. The molecule has 0 bridgehead atoms. The van der Waals surface area contributed by atoms with E-state index < -0.39 is 0 Å². The van der Waals surface area contributed by atoms with Crippen LogP contribution in [-0.4, -0.2) is 12.5 Å². The third-order valence-corrected chi connectivity index (χ3v) is 2.23. The fourth-order valence-electron chi connectivity index (χ4n) is 1.28. The highest BCUT2D eigenvalue weighted by atomic mass is 16.1. The number of rotatable bonds is 4. The number of hydrogen-bond acceptors (Lipinski definition) is 2. The van der Waals surface area contributed by atoms with E-state index in [4.69, 9.17) is 5.73 Å². The molecule has 1 atom stereocenters. The largest absolute Gasteiger partial charge is 0.352 e. The van der Waals surface area contributed by atoms with Gasteiger partial charge in [-0.3, -0.25) is 4.79 Å². The van der Waals surface area contributed by atoms with Crippen LogP contribution in [0, 0.1) is 0 Å². The summed E-state index contributed by atoms with van der Waals surface area (Å²) in [7, 11) is 0. The van der Waals surface area contributed by atoms with Crippen LogP contribution in [0.2, 0.25) is 0 Å². The first kappa shape index (κ1) is 11.7. The lowest BCUT2D eigenvalue weighted by molar-refractivity contribution is 0.0953. The lowest BCUT2D eigenvalue weighted by atomic mass is 10.1. The summed E-state index contributed by atoms with van der Waals surface area (Å²) in [5.74, 6) is -0.0203. The van der Waals surface area contributed by atoms with Gasteiger partial charge in [-0.15, -0.1) is 0 Å². The van der Waals surface area contributed by atoms with Crippen molar-refractivity contribution in [3.8, 4) is 0 Å². The van der Waals surface area contributed by atoms with Crippen molar-refractivity contribution in [2.45, 2.75) is 26.3 Å². The Bertz CT molecular complexity index is 317. The van der Waals surface area contributed by atoms with Crippen LogP contribution in [0.3, 0.4) is 0 Å². The summed E-state index contributed by atoms with van der Waals surface area (Å²) in [6, 6.07) is 7.42. The zero-order chi connectivity index (χ0) is 11.3. The first-order valence-corrected chi connectivity index (χ1v) is 5.29. The molecule has 3 nitrogen and oxygen atoms in total. The first-order chi connectivity index (χ1) is 7.15. The topological polar surface area (TPSA) is 55.1 Å². The molecule has 0 spiro atoms. The van der Waals surface area contributed by atoms with Gasteiger partial charge in [0.05, 0.1) is 0 Å². The van der Waals surface area contributed by atoms with Crippen LogP contribution in [0.5, 0.6) is 0 Å². The first-order valence-electron chi connectivity index (χ1n) is 5.29. The van der Waals surface area contributed by atoms with Gasteiger partial charge in [-0.2, -0.15) is 0 Å². The Hall–Kier alpha value is -1.35. The Morgan fingerprint density at radius 2 is 2.00 bits per heavy atom. The molecule has 1 aromatic rings. The maximum Gasteiger partial charge on any atom is 0.251 e. The Balaban J connectivity index is 2.67.